The average molecular weight is 299 g/mol. The van der Waals surface area contributed by atoms with E-state index in [9.17, 15) is 0 Å². The van der Waals surface area contributed by atoms with Gasteiger partial charge >= 0.3 is 0 Å². The third-order valence-electron chi connectivity index (χ3n) is 4.56. The minimum absolute atomic E-state index is 0.635. The molecule has 1 aliphatic carbocycles. The molecule has 0 saturated heterocycles. The summed E-state index contributed by atoms with van der Waals surface area (Å²) < 4.78 is 5.68. The molecule has 0 aliphatic heterocycles. The number of ether oxygens (including phenoxy) is 1. The first kappa shape index (κ1) is 15.1. The quantitative estimate of drug-likeness (QED) is 0.646. The van der Waals surface area contributed by atoms with E-state index in [1.807, 2.05) is 19.1 Å². The number of nitrogens with zero attached hydrogens (tertiary/aromatic N) is 1. The standard InChI is InChI=1S/C18H25N3O/c1-2-22-16-10-6-9-14-12-15(18(21-19)20-17(14)16)11-13-7-4-3-5-8-13/h6,9-10,12-13H,2-5,7-8,11,19H2,1H3,(H,20,21). The van der Waals surface area contributed by atoms with Gasteiger partial charge in [-0.25, -0.2) is 10.8 Å². The van der Waals surface area contributed by atoms with E-state index in [0.29, 0.717) is 6.61 Å². The van der Waals surface area contributed by atoms with E-state index in [-0.39, 0.29) is 0 Å². The van der Waals surface area contributed by atoms with Crippen LogP contribution in [0.4, 0.5) is 5.82 Å². The summed E-state index contributed by atoms with van der Waals surface area (Å²) in [6.07, 6.45) is 7.78. The normalized spacial score (nSPS) is 15.9. The van der Waals surface area contributed by atoms with Crippen molar-refractivity contribution in [1.29, 1.82) is 0 Å². The van der Waals surface area contributed by atoms with Crippen LogP contribution < -0.4 is 16.0 Å². The van der Waals surface area contributed by atoms with Gasteiger partial charge < -0.3 is 10.2 Å². The van der Waals surface area contributed by atoms with Crippen LogP contribution in [0.2, 0.25) is 0 Å². The number of fused-ring (bicyclic) bond motifs is 1. The van der Waals surface area contributed by atoms with E-state index in [0.717, 1.165) is 34.8 Å². The summed E-state index contributed by atoms with van der Waals surface area (Å²) in [7, 11) is 0. The molecule has 0 atom stereocenters. The number of pyridine rings is 1. The van der Waals surface area contributed by atoms with Crippen LogP contribution in [0.3, 0.4) is 0 Å². The topological polar surface area (TPSA) is 60.2 Å². The van der Waals surface area contributed by atoms with Gasteiger partial charge in [-0.2, -0.15) is 0 Å². The van der Waals surface area contributed by atoms with Crippen molar-refractivity contribution in [2.75, 3.05) is 12.0 Å². The molecule has 1 saturated carbocycles. The molecule has 0 amide bonds. The predicted molar refractivity (Wildman–Crippen MR) is 91.0 cm³/mol. The molecule has 22 heavy (non-hydrogen) atoms. The van der Waals surface area contributed by atoms with Gasteiger partial charge in [0.2, 0.25) is 0 Å². The lowest BCUT2D eigenvalue weighted by atomic mass is 9.85. The number of nitrogens with two attached hydrogens (primary N) is 1. The number of hydrazine groups is 1. The molecule has 1 heterocycles. The van der Waals surface area contributed by atoms with Crippen molar-refractivity contribution in [3.8, 4) is 5.75 Å². The first-order chi connectivity index (χ1) is 10.8. The molecule has 2 aromatic rings. The van der Waals surface area contributed by atoms with Crippen LogP contribution in [0, 0.1) is 5.92 Å². The van der Waals surface area contributed by atoms with Crippen molar-refractivity contribution >= 4 is 16.7 Å². The SMILES string of the molecule is CCOc1cccc2cc(CC3CCCCC3)c(NN)nc12. The van der Waals surface area contributed by atoms with Crippen molar-refractivity contribution in [2.45, 2.75) is 45.4 Å². The van der Waals surface area contributed by atoms with Gasteiger partial charge in [-0.15, -0.1) is 0 Å². The Morgan fingerprint density at radius 1 is 1.27 bits per heavy atom. The Labute approximate surface area is 132 Å². The summed E-state index contributed by atoms with van der Waals surface area (Å²) in [5.74, 6) is 8.08. The van der Waals surface area contributed by atoms with Crippen LogP contribution in [-0.2, 0) is 6.42 Å². The second-order valence-electron chi connectivity index (χ2n) is 6.11. The van der Waals surface area contributed by atoms with Crippen LogP contribution >= 0.6 is 0 Å². The summed E-state index contributed by atoms with van der Waals surface area (Å²) >= 11 is 0. The maximum absolute atomic E-state index is 5.72. The minimum atomic E-state index is 0.635. The Balaban J connectivity index is 1.95. The van der Waals surface area contributed by atoms with Crippen LogP contribution in [0.25, 0.3) is 10.9 Å². The predicted octanol–water partition coefficient (Wildman–Crippen LogP) is 4.04. The molecule has 1 fully saturated rings. The van der Waals surface area contributed by atoms with Crippen LogP contribution in [0.1, 0.15) is 44.6 Å². The number of anilines is 1. The van der Waals surface area contributed by atoms with Gasteiger partial charge in [0.05, 0.1) is 6.61 Å². The largest absolute Gasteiger partial charge is 0.492 e. The highest BCUT2D eigenvalue weighted by atomic mass is 16.5. The number of hydrogen-bond donors (Lipinski definition) is 2. The van der Waals surface area contributed by atoms with E-state index < -0.39 is 0 Å². The fraction of sp³-hybridized carbons (Fsp3) is 0.500. The fourth-order valence-electron chi connectivity index (χ4n) is 3.47. The maximum atomic E-state index is 5.72. The number of benzene rings is 1. The van der Waals surface area contributed by atoms with Crippen LogP contribution in [0.15, 0.2) is 24.3 Å². The highest BCUT2D eigenvalue weighted by molar-refractivity contribution is 5.87. The molecule has 0 radical (unpaired) electrons. The summed E-state index contributed by atoms with van der Waals surface area (Å²) in [4.78, 5) is 4.72. The molecule has 4 nitrogen and oxygen atoms in total. The molecule has 4 heteroatoms. The second kappa shape index (κ2) is 6.97. The highest BCUT2D eigenvalue weighted by Crippen LogP contribution is 2.32. The number of hydrogen-bond acceptors (Lipinski definition) is 4. The van der Waals surface area contributed by atoms with Crippen molar-refractivity contribution in [1.82, 2.24) is 4.98 Å². The third kappa shape index (κ3) is 3.17. The molecule has 1 aromatic carbocycles. The number of rotatable bonds is 5. The second-order valence-corrected chi connectivity index (χ2v) is 6.11. The lowest BCUT2D eigenvalue weighted by Gasteiger charge is -2.22. The van der Waals surface area contributed by atoms with E-state index in [1.54, 1.807) is 0 Å². The van der Waals surface area contributed by atoms with Gasteiger partial charge in [-0.3, -0.25) is 0 Å². The van der Waals surface area contributed by atoms with Gasteiger partial charge in [-0.1, -0.05) is 44.2 Å². The van der Waals surface area contributed by atoms with E-state index >= 15 is 0 Å². The molecule has 1 aliphatic rings. The first-order valence-electron chi connectivity index (χ1n) is 8.34. The van der Waals surface area contributed by atoms with E-state index in [2.05, 4.69) is 17.6 Å². The number of aromatic nitrogens is 1. The first-order valence-corrected chi connectivity index (χ1v) is 8.34. The van der Waals surface area contributed by atoms with Gasteiger partial charge in [-0.05, 0) is 37.0 Å². The zero-order valence-electron chi connectivity index (χ0n) is 13.3. The molecule has 0 unspecified atom stereocenters. The van der Waals surface area contributed by atoms with E-state index in [4.69, 9.17) is 15.6 Å². The minimum Gasteiger partial charge on any atom is -0.492 e. The zero-order valence-corrected chi connectivity index (χ0v) is 13.3. The lowest BCUT2D eigenvalue weighted by molar-refractivity contribution is 0.343. The number of para-hydroxylation sites is 1. The van der Waals surface area contributed by atoms with Gasteiger partial charge in [0.15, 0.2) is 0 Å². The van der Waals surface area contributed by atoms with Crippen LogP contribution in [0.5, 0.6) is 5.75 Å². The molecule has 0 bridgehead atoms. The lowest BCUT2D eigenvalue weighted by Crippen LogP contribution is -2.15. The monoisotopic (exact) mass is 299 g/mol. The Kier molecular flexibility index (Phi) is 4.78. The van der Waals surface area contributed by atoms with E-state index in [1.165, 1.54) is 37.7 Å². The number of nitrogen functional groups attached to an aromatic ring is 1. The molecular weight excluding hydrogens is 274 g/mol. The average Bonchev–Trinajstić information content (AvgIpc) is 2.56. The Morgan fingerprint density at radius 2 is 2.09 bits per heavy atom. The van der Waals surface area contributed by atoms with Crippen molar-refractivity contribution in [3.05, 3.63) is 29.8 Å². The van der Waals surface area contributed by atoms with Crippen molar-refractivity contribution < 1.29 is 4.74 Å². The summed E-state index contributed by atoms with van der Waals surface area (Å²) in [5.41, 5.74) is 4.88. The van der Waals surface area contributed by atoms with Crippen molar-refractivity contribution in [3.63, 3.8) is 0 Å². The van der Waals surface area contributed by atoms with Crippen LogP contribution in [-0.4, -0.2) is 11.6 Å². The van der Waals surface area contributed by atoms with Gasteiger partial charge in [0.1, 0.15) is 17.1 Å². The molecule has 3 N–H and O–H groups in total. The molecule has 118 valence electrons. The Morgan fingerprint density at radius 3 is 2.82 bits per heavy atom. The molecule has 1 aromatic heterocycles. The molecular formula is C18H25N3O. The number of nitrogens with one attached hydrogen (secondary N) is 1. The smallest absolute Gasteiger partial charge is 0.145 e. The summed E-state index contributed by atoms with van der Waals surface area (Å²) in [6.45, 7) is 2.62. The Bertz CT molecular complexity index is 636. The third-order valence-corrected chi connectivity index (χ3v) is 4.56. The highest BCUT2D eigenvalue weighted by Gasteiger charge is 2.17. The molecule has 0 spiro atoms. The summed E-state index contributed by atoms with van der Waals surface area (Å²) in [5, 5.41) is 1.12. The van der Waals surface area contributed by atoms with Gasteiger partial charge in [0, 0.05) is 5.39 Å². The van der Waals surface area contributed by atoms with Gasteiger partial charge in [0.25, 0.3) is 0 Å². The van der Waals surface area contributed by atoms with Crippen molar-refractivity contribution in [2.24, 2.45) is 11.8 Å². The maximum Gasteiger partial charge on any atom is 0.145 e. The zero-order chi connectivity index (χ0) is 15.4. The Hall–Kier alpha value is -1.81. The summed E-state index contributed by atoms with van der Waals surface area (Å²) in [6, 6.07) is 8.29. The fourth-order valence-corrected chi connectivity index (χ4v) is 3.47. The molecule has 3 rings (SSSR count).